The van der Waals surface area contributed by atoms with E-state index in [1.165, 1.54) is 4.90 Å². The molecule has 3 aromatic rings. The number of carbonyl (C=O) groups excluding carboxylic acids is 2. The number of hydrogen-bond donors (Lipinski definition) is 1. The van der Waals surface area contributed by atoms with Gasteiger partial charge in [-0.1, -0.05) is 48.0 Å². The highest BCUT2D eigenvalue weighted by Crippen LogP contribution is 2.42. The highest BCUT2D eigenvalue weighted by Gasteiger charge is 2.47. The molecule has 1 aliphatic heterocycles. The summed E-state index contributed by atoms with van der Waals surface area (Å²) in [6.45, 7) is 4.61. The van der Waals surface area contributed by atoms with Crippen LogP contribution in [-0.4, -0.2) is 28.4 Å². The van der Waals surface area contributed by atoms with Crippen LogP contribution in [0, 0.1) is 5.92 Å². The predicted octanol–water partition coefficient (Wildman–Crippen LogP) is 5.51. The van der Waals surface area contributed by atoms with E-state index < -0.39 is 17.7 Å². The number of halogens is 1. The zero-order valence-corrected chi connectivity index (χ0v) is 19.8. The Labute approximate surface area is 200 Å². The molecular formula is C26H23BrN2O4. The number of aliphatic hydroxyl groups excluding tert-OH is 1. The van der Waals surface area contributed by atoms with Crippen molar-refractivity contribution in [1.29, 1.82) is 0 Å². The Balaban J connectivity index is 1.85. The molecule has 1 unspecified atom stereocenters. The van der Waals surface area contributed by atoms with Gasteiger partial charge in [0.05, 0.1) is 18.2 Å². The number of nitrogens with zero attached hydrogens (tertiary/aromatic N) is 2. The molecule has 1 N–H and O–H groups in total. The smallest absolute Gasteiger partial charge is 0.300 e. The van der Waals surface area contributed by atoms with Crippen LogP contribution in [0.5, 0.6) is 5.75 Å². The summed E-state index contributed by atoms with van der Waals surface area (Å²) in [5.74, 6) is -0.784. The van der Waals surface area contributed by atoms with E-state index in [4.69, 9.17) is 4.74 Å². The van der Waals surface area contributed by atoms with Crippen LogP contribution in [0.3, 0.4) is 0 Å². The van der Waals surface area contributed by atoms with Crippen molar-refractivity contribution in [2.24, 2.45) is 5.92 Å². The minimum Gasteiger partial charge on any atom is -0.507 e. The van der Waals surface area contributed by atoms with Gasteiger partial charge < -0.3 is 9.84 Å². The van der Waals surface area contributed by atoms with Crippen LogP contribution >= 0.6 is 15.9 Å². The SMILES string of the molecule is CC(C)COc1cccc(/C(O)=C2\C(=O)C(=O)N(c3cccc(Br)c3)C2c2ccncc2)c1. The molecule has 2 aromatic carbocycles. The normalized spacial score (nSPS) is 17.6. The molecule has 7 heteroatoms. The van der Waals surface area contributed by atoms with Crippen LogP contribution in [0.1, 0.15) is 31.0 Å². The molecule has 1 atom stereocenters. The summed E-state index contributed by atoms with van der Waals surface area (Å²) >= 11 is 3.43. The second-order valence-corrected chi connectivity index (χ2v) is 9.08. The summed E-state index contributed by atoms with van der Waals surface area (Å²) in [7, 11) is 0. The first-order chi connectivity index (χ1) is 15.9. The van der Waals surface area contributed by atoms with Crippen molar-refractivity contribution in [3.63, 3.8) is 0 Å². The number of ether oxygens (including phenoxy) is 1. The number of Topliss-reactive ketones (excluding diaryl/α,β-unsaturated/α-hetero) is 1. The minimum atomic E-state index is -0.803. The van der Waals surface area contributed by atoms with Gasteiger partial charge in [0.1, 0.15) is 11.5 Å². The zero-order chi connectivity index (χ0) is 23.5. The quantitative estimate of drug-likeness (QED) is 0.271. The highest BCUT2D eigenvalue weighted by atomic mass is 79.9. The van der Waals surface area contributed by atoms with E-state index in [9.17, 15) is 14.7 Å². The van der Waals surface area contributed by atoms with Crippen LogP contribution in [0.4, 0.5) is 5.69 Å². The monoisotopic (exact) mass is 506 g/mol. The number of hydrogen-bond acceptors (Lipinski definition) is 5. The highest BCUT2D eigenvalue weighted by molar-refractivity contribution is 9.10. The number of anilines is 1. The molecule has 168 valence electrons. The Hall–Kier alpha value is -3.45. The second kappa shape index (κ2) is 9.58. The number of carbonyl (C=O) groups is 2. The van der Waals surface area contributed by atoms with Gasteiger partial charge in [-0.2, -0.15) is 0 Å². The summed E-state index contributed by atoms with van der Waals surface area (Å²) in [4.78, 5) is 31.8. The largest absolute Gasteiger partial charge is 0.507 e. The lowest BCUT2D eigenvalue weighted by Gasteiger charge is -2.25. The molecule has 0 bridgehead atoms. The van der Waals surface area contributed by atoms with Crippen LogP contribution in [-0.2, 0) is 9.59 Å². The lowest BCUT2D eigenvalue weighted by atomic mass is 9.95. The summed E-state index contributed by atoms with van der Waals surface area (Å²) in [5.41, 5.74) is 1.63. The average molecular weight is 507 g/mol. The predicted molar refractivity (Wildman–Crippen MR) is 130 cm³/mol. The van der Waals surface area contributed by atoms with Gasteiger partial charge >= 0.3 is 0 Å². The summed E-state index contributed by atoms with van der Waals surface area (Å²) < 4.78 is 6.54. The van der Waals surface area contributed by atoms with Crippen molar-refractivity contribution < 1.29 is 19.4 Å². The van der Waals surface area contributed by atoms with Crippen molar-refractivity contribution in [1.82, 2.24) is 4.98 Å². The number of pyridine rings is 1. The minimum absolute atomic E-state index is 0.0205. The maximum absolute atomic E-state index is 13.2. The van der Waals surface area contributed by atoms with Gasteiger partial charge in [-0.05, 0) is 53.9 Å². The first-order valence-electron chi connectivity index (χ1n) is 10.6. The summed E-state index contributed by atoms with van der Waals surface area (Å²) in [6.07, 6.45) is 3.19. The molecule has 0 spiro atoms. The third kappa shape index (κ3) is 4.68. The molecule has 6 nitrogen and oxygen atoms in total. The Kier molecular flexibility index (Phi) is 6.60. The van der Waals surface area contributed by atoms with Crippen LogP contribution in [0.25, 0.3) is 5.76 Å². The van der Waals surface area contributed by atoms with Crippen LogP contribution < -0.4 is 9.64 Å². The van der Waals surface area contributed by atoms with Gasteiger partial charge in [-0.15, -0.1) is 0 Å². The van der Waals surface area contributed by atoms with E-state index in [0.717, 1.165) is 4.47 Å². The number of amides is 1. The lowest BCUT2D eigenvalue weighted by molar-refractivity contribution is -0.132. The van der Waals surface area contributed by atoms with Crippen LogP contribution in [0.15, 0.2) is 83.1 Å². The van der Waals surface area contributed by atoms with Crippen LogP contribution in [0.2, 0.25) is 0 Å². The van der Waals surface area contributed by atoms with Crippen molar-refractivity contribution in [3.8, 4) is 5.75 Å². The van der Waals surface area contributed by atoms with Crippen molar-refractivity contribution in [2.75, 3.05) is 11.5 Å². The van der Waals surface area contributed by atoms with E-state index in [1.54, 1.807) is 67.0 Å². The molecule has 1 saturated heterocycles. The zero-order valence-electron chi connectivity index (χ0n) is 18.2. The number of ketones is 1. The fraction of sp³-hybridized carbons (Fsp3) is 0.192. The topological polar surface area (TPSA) is 79.7 Å². The molecule has 1 aromatic heterocycles. The van der Waals surface area contributed by atoms with Gasteiger partial charge in [-0.25, -0.2) is 0 Å². The maximum atomic E-state index is 13.2. The van der Waals surface area contributed by atoms with E-state index in [0.29, 0.717) is 35.1 Å². The van der Waals surface area contributed by atoms with Crippen molar-refractivity contribution >= 4 is 39.1 Å². The fourth-order valence-electron chi connectivity index (χ4n) is 3.74. The number of rotatable bonds is 6. The Morgan fingerprint density at radius 2 is 1.82 bits per heavy atom. The molecule has 1 aliphatic rings. The Morgan fingerprint density at radius 3 is 2.52 bits per heavy atom. The molecule has 1 amide bonds. The van der Waals surface area contributed by atoms with E-state index in [2.05, 4.69) is 20.9 Å². The van der Waals surface area contributed by atoms with Crippen molar-refractivity contribution in [2.45, 2.75) is 19.9 Å². The molecule has 0 aliphatic carbocycles. The summed E-state index contributed by atoms with van der Waals surface area (Å²) in [6, 6.07) is 16.7. The molecule has 1 fully saturated rings. The molecule has 0 saturated carbocycles. The second-order valence-electron chi connectivity index (χ2n) is 8.16. The summed E-state index contributed by atoms with van der Waals surface area (Å²) in [5, 5.41) is 11.3. The third-order valence-corrected chi connectivity index (χ3v) is 5.74. The van der Waals surface area contributed by atoms with Gasteiger partial charge in [0.2, 0.25) is 0 Å². The molecule has 2 heterocycles. The first kappa shape index (κ1) is 22.7. The van der Waals surface area contributed by atoms with Gasteiger partial charge in [-0.3, -0.25) is 19.5 Å². The van der Waals surface area contributed by atoms with Gasteiger partial charge in [0.25, 0.3) is 11.7 Å². The molecule has 33 heavy (non-hydrogen) atoms. The van der Waals surface area contributed by atoms with Gasteiger partial charge in [0.15, 0.2) is 0 Å². The standard InChI is InChI=1S/C26H23BrN2O4/c1-16(2)15-33-21-8-3-5-18(13-21)24(30)22-23(17-9-11-28-12-10-17)29(26(32)25(22)31)20-7-4-6-19(27)14-20/h3-14,16,23,30H,15H2,1-2H3/b24-22+. The molecule has 4 rings (SSSR count). The third-order valence-electron chi connectivity index (χ3n) is 5.24. The van der Waals surface area contributed by atoms with E-state index in [-0.39, 0.29) is 11.3 Å². The van der Waals surface area contributed by atoms with E-state index >= 15 is 0 Å². The maximum Gasteiger partial charge on any atom is 0.300 e. The van der Waals surface area contributed by atoms with Crippen molar-refractivity contribution in [3.05, 3.63) is 94.2 Å². The number of aromatic nitrogens is 1. The molecule has 0 radical (unpaired) electrons. The first-order valence-corrected chi connectivity index (χ1v) is 11.4. The van der Waals surface area contributed by atoms with Gasteiger partial charge in [0, 0.05) is 28.1 Å². The lowest BCUT2D eigenvalue weighted by Crippen LogP contribution is -2.29. The number of aliphatic hydroxyl groups is 1. The fourth-order valence-corrected chi connectivity index (χ4v) is 4.12. The Morgan fingerprint density at radius 1 is 1.09 bits per heavy atom. The Bertz CT molecular complexity index is 1220. The average Bonchev–Trinajstić information content (AvgIpc) is 3.08. The van der Waals surface area contributed by atoms with E-state index in [1.807, 2.05) is 19.9 Å². The number of benzene rings is 2. The molecular weight excluding hydrogens is 484 g/mol.